The van der Waals surface area contributed by atoms with Gasteiger partial charge in [-0.15, -0.1) is 11.8 Å². The van der Waals surface area contributed by atoms with Gasteiger partial charge in [-0.05, 0) is 76.1 Å². The normalized spacial score (nSPS) is 11.4. The van der Waals surface area contributed by atoms with Crippen LogP contribution >= 0.6 is 34.7 Å². The van der Waals surface area contributed by atoms with E-state index in [4.69, 9.17) is 16.6 Å². The molecule has 3 rings (SSSR count). The number of amides is 1. The molecule has 148 valence electrons. The van der Waals surface area contributed by atoms with E-state index < -0.39 is 0 Å². The zero-order valence-electron chi connectivity index (χ0n) is 16.5. The van der Waals surface area contributed by atoms with Gasteiger partial charge in [0, 0.05) is 17.0 Å². The van der Waals surface area contributed by atoms with Gasteiger partial charge >= 0.3 is 0 Å². The number of nitrogens with zero attached hydrogens (tertiary/aromatic N) is 3. The molecule has 0 saturated heterocycles. The number of anilines is 1. The third-order valence-corrected chi connectivity index (χ3v) is 6.77. The summed E-state index contributed by atoms with van der Waals surface area (Å²) in [6.45, 7) is 3.53. The number of carbonyl (C=O) groups excluding carboxylic acids is 1. The second-order valence-corrected chi connectivity index (χ2v) is 9.14. The Kier molecular flexibility index (Phi) is 6.99. The van der Waals surface area contributed by atoms with Gasteiger partial charge in [0.1, 0.15) is 0 Å². The van der Waals surface area contributed by atoms with E-state index in [1.165, 1.54) is 11.3 Å². The van der Waals surface area contributed by atoms with E-state index in [9.17, 15) is 4.79 Å². The molecule has 0 aliphatic heterocycles. The lowest BCUT2D eigenvalue weighted by Gasteiger charge is -2.21. The Bertz CT molecular complexity index is 931. The number of thioether (sulfide) groups is 1. The highest BCUT2D eigenvalue weighted by Gasteiger charge is 2.22. The van der Waals surface area contributed by atoms with Crippen molar-refractivity contribution >= 4 is 56.0 Å². The molecule has 0 aliphatic carbocycles. The average Bonchev–Trinajstić information content (AvgIpc) is 3.14. The molecule has 1 amide bonds. The smallest absolute Gasteiger partial charge is 0.260 e. The highest BCUT2D eigenvalue weighted by Crippen LogP contribution is 2.36. The summed E-state index contributed by atoms with van der Waals surface area (Å²) in [5.74, 6) is -0.0285. The third kappa shape index (κ3) is 4.69. The summed E-state index contributed by atoms with van der Waals surface area (Å²) in [6.07, 6.45) is 2.89. The molecule has 0 radical (unpaired) electrons. The van der Waals surface area contributed by atoms with E-state index in [2.05, 4.69) is 4.90 Å². The molecule has 0 N–H and O–H groups in total. The van der Waals surface area contributed by atoms with E-state index >= 15 is 0 Å². The Morgan fingerprint density at radius 2 is 1.86 bits per heavy atom. The van der Waals surface area contributed by atoms with Crippen molar-refractivity contribution in [3.63, 3.8) is 0 Å². The van der Waals surface area contributed by atoms with Crippen LogP contribution < -0.4 is 4.90 Å². The zero-order valence-corrected chi connectivity index (χ0v) is 18.9. The number of carbonyl (C=O) groups is 1. The summed E-state index contributed by atoms with van der Waals surface area (Å²) in [6, 6.07) is 11.6. The van der Waals surface area contributed by atoms with Crippen molar-refractivity contribution < 1.29 is 4.79 Å². The first kappa shape index (κ1) is 21.1. The van der Waals surface area contributed by atoms with Crippen molar-refractivity contribution in [1.82, 2.24) is 9.88 Å². The molecular formula is C21H24ClN3OS2. The van der Waals surface area contributed by atoms with Crippen LogP contribution in [0.1, 0.15) is 22.3 Å². The maximum Gasteiger partial charge on any atom is 0.260 e. The molecular weight excluding hydrogens is 410 g/mol. The summed E-state index contributed by atoms with van der Waals surface area (Å²) in [7, 11) is 4.07. The number of halogens is 1. The number of thiazole rings is 1. The van der Waals surface area contributed by atoms with Crippen molar-refractivity contribution in [3.8, 4) is 0 Å². The summed E-state index contributed by atoms with van der Waals surface area (Å²) < 4.78 is 0.930. The summed E-state index contributed by atoms with van der Waals surface area (Å²) in [5.41, 5.74) is 2.60. The van der Waals surface area contributed by atoms with Gasteiger partial charge < -0.3 is 4.90 Å². The van der Waals surface area contributed by atoms with E-state index in [-0.39, 0.29) is 5.91 Å². The predicted octanol–water partition coefficient (Wildman–Crippen LogP) is 5.58. The Labute approximate surface area is 179 Å². The molecule has 4 nitrogen and oxygen atoms in total. The molecule has 1 aromatic heterocycles. The van der Waals surface area contributed by atoms with Crippen molar-refractivity contribution in [3.05, 3.63) is 52.5 Å². The Hall–Kier alpha value is -1.60. The molecule has 7 heteroatoms. The van der Waals surface area contributed by atoms with Crippen molar-refractivity contribution in [2.24, 2.45) is 0 Å². The maximum atomic E-state index is 13.3. The van der Waals surface area contributed by atoms with Gasteiger partial charge in [-0.3, -0.25) is 9.69 Å². The zero-order chi connectivity index (χ0) is 20.3. The minimum absolute atomic E-state index is 0.0285. The Morgan fingerprint density at radius 1 is 1.14 bits per heavy atom. The molecule has 0 spiro atoms. The third-order valence-electron chi connectivity index (χ3n) is 4.49. The minimum atomic E-state index is -0.0285. The average molecular weight is 434 g/mol. The van der Waals surface area contributed by atoms with Gasteiger partial charge in [0.05, 0.1) is 15.2 Å². The molecule has 0 atom stereocenters. The van der Waals surface area contributed by atoms with E-state index in [1.807, 2.05) is 63.7 Å². The fraction of sp³-hybridized carbons (Fsp3) is 0.333. The number of fused-ring (bicyclic) bond motifs is 1. The first-order valence-corrected chi connectivity index (χ1v) is 11.5. The number of hydrogen-bond donors (Lipinski definition) is 0. The number of aryl methyl sites for hydroxylation is 1. The molecule has 0 bridgehead atoms. The minimum Gasteiger partial charge on any atom is -0.309 e. The molecule has 1 heterocycles. The summed E-state index contributed by atoms with van der Waals surface area (Å²) in [5, 5.41) is 1.37. The molecule has 2 aromatic carbocycles. The SMILES string of the molecule is CSc1ccc(C(=O)N(CCCN(C)C)c2nc3c(C)ccc(Cl)c3s2)cc1. The monoisotopic (exact) mass is 433 g/mol. The lowest BCUT2D eigenvalue weighted by atomic mass is 10.2. The fourth-order valence-electron chi connectivity index (χ4n) is 2.92. The van der Waals surface area contributed by atoms with Gasteiger partial charge in [0.2, 0.25) is 0 Å². The van der Waals surface area contributed by atoms with Crippen molar-refractivity contribution in [2.75, 3.05) is 38.3 Å². The van der Waals surface area contributed by atoms with E-state index in [0.29, 0.717) is 22.3 Å². The fourth-order valence-corrected chi connectivity index (χ4v) is 4.67. The number of aromatic nitrogens is 1. The lowest BCUT2D eigenvalue weighted by molar-refractivity contribution is 0.0986. The quantitative estimate of drug-likeness (QED) is 0.456. The highest BCUT2D eigenvalue weighted by molar-refractivity contribution is 7.98. The van der Waals surface area contributed by atoms with Crippen molar-refractivity contribution in [1.29, 1.82) is 0 Å². The van der Waals surface area contributed by atoms with E-state index in [0.717, 1.165) is 33.6 Å². The van der Waals surface area contributed by atoms with Gasteiger partial charge in [-0.25, -0.2) is 4.98 Å². The Balaban J connectivity index is 1.97. The highest BCUT2D eigenvalue weighted by atomic mass is 35.5. The summed E-state index contributed by atoms with van der Waals surface area (Å²) in [4.78, 5) is 23.1. The summed E-state index contributed by atoms with van der Waals surface area (Å²) >= 11 is 9.52. The predicted molar refractivity (Wildman–Crippen MR) is 122 cm³/mol. The van der Waals surface area contributed by atoms with Crippen LogP contribution in [0.5, 0.6) is 0 Å². The first-order chi connectivity index (χ1) is 13.4. The van der Waals surface area contributed by atoms with Crippen LogP contribution in [0, 0.1) is 6.92 Å². The lowest BCUT2D eigenvalue weighted by Crippen LogP contribution is -2.33. The van der Waals surface area contributed by atoms with Crippen molar-refractivity contribution in [2.45, 2.75) is 18.2 Å². The molecule has 0 saturated carbocycles. The number of hydrogen-bond acceptors (Lipinski definition) is 5. The number of rotatable bonds is 7. The van der Waals surface area contributed by atoms with Gasteiger partial charge in [0.25, 0.3) is 5.91 Å². The van der Waals surface area contributed by atoms with Crippen LogP contribution in [0.2, 0.25) is 5.02 Å². The number of benzene rings is 2. The largest absolute Gasteiger partial charge is 0.309 e. The molecule has 0 fully saturated rings. The molecule has 28 heavy (non-hydrogen) atoms. The van der Waals surface area contributed by atoms with Gasteiger partial charge in [0.15, 0.2) is 5.13 Å². The maximum absolute atomic E-state index is 13.3. The topological polar surface area (TPSA) is 36.4 Å². The second-order valence-electron chi connectivity index (χ2n) is 6.88. The van der Waals surface area contributed by atoms with Crippen LogP contribution in [-0.2, 0) is 0 Å². The second kappa shape index (κ2) is 9.27. The van der Waals surface area contributed by atoms with Crippen LogP contribution in [-0.4, -0.2) is 49.2 Å². The standard InChI is InChI=1S/C21H24ClN3OS2/c1-14-6-11-17(22)19-18(14)23-21(28-19)25(13-5-12-24(2)3)20(26)15-7-9-16(27-4)10-8-15/h6-11H,5,12-13H2,1-4H3. The first-order valence-electron chi connectivity index (χ1n) is 9.07. The van der Waals surface area contributed by atoms with Crippen LogP contribution in [0.3, 0.4) is 0 Å². The molecule has 0 aliphatic rings. The van der Waals surface area contributed by atoms with Gasteiger partial charge in [-0.1, -0.05) is 29.0 Å². The van der Waals surface area contributed by atoms with Crippen LogP contribution in [0.4, 0.5) is 5.13 Å². The Morgan fingerprint density at radius 3 is 2.46 bits per heavy atom. The molecule has 0 unspecified atom stereocenters. The van der Waals surface area contributed by atoms with Crippen LogP contribution in [0.15, 0.2) is 41.3 Å². The van der Waals surface area contributed by atoms with E-state index in [1.54, 1.807) is 16.7 Å². The van der Waals surface area contributed by atoms with Crippen LogP contribution in [0.25, 0.3) is 10.2 Å². The van der Waals surface area contributed by atoms with Gasteiger partial charge in [-0.2, -0.15) is 0 Å². The molecule has 3 aromatic rings.